The van der Waals surface area contributed by atoms with Crippen LogP contribution in [0.4, 0.5) is 0 Å². The molecule has 0 atom stereocenters. The van der Waals surface area contributed by atoms with Gasteiger partial charge in [-0.1, -0.05) is 129 Å². The van der Waals surface area contributed by atoms with E-state index in [1.807, 2.05) is 0 Å². The van der Waals surface area contributed by atoms with E-state index in [4.69, 9.17) is 22.3 Å². The first-order valence-corrected chi connectivity index (χ1v) is 14.1. The predicted octanol–water partition coefficient (Wildman–Crippen LogP) is 7.54. The molecule has 0 spiro atoms. The van der Waals surface area contributed by atoms with Gasteiger partial charge < -0.3 is 4.74 Å². The number of hydrogen-bond donors (Lipinski definition) is 2. The molecule has 0 aromatic rings. The number of hydrogen-bond acceptors (Lipinski definition) is 3. The summed E-state index contributed by atoms with van der Waals surface area (Å²) in [4.78, 5) is 0. The summed E-state index contributed by atoms with van der Waals surface area (Å²) < 4.78 is 37.4. The first-order chi connectivity index (χ1) is 14.4. The third-order valence-electron chi connectivity index (χ3n) is 5.28. The van der Waals surface area contributed by atoms with Crippen molar-refractivity contribution < 1.29 is 22.3 Å². The van der Waals surface area contributed by atoms with Gasteiger partial charge in [-0.3, -0.25) is 9.11 Å². The van der Waals surface area contributed by atoms with Gasteiger partial charge in [0.05, 0.1) is 0 Å². The van der Waals surface area contributed by atoms with Crippen molar-refractivity contribution in [1.82, 2.24) is 0 Å². The molecule has 0 aliphatic carbocycles. The first kappa shape index (κ1) is 37.0. The monoisotopic (exact) mass is 492 g/mol. The molecular weight excluding hydrogens is 439 g/mol. The molecule has 5 nitrogen and oxygen atoms in total. The molecule has 0 fully saturated rings. The van der Waals surface area contributed by atoms with E-state index in [1.165, 1.54) is 128 Å². The molecule has 0 aromatic heterocycles. The van der Waals surface area contributed by atoms with Gasteiger partial charge in [0.15, 0.2) is 0 Å². The molecule has 0 bridgehead atoms. The Morgan fingerprint density at radius 3 is 0.903 bits per heavy atom. The van der Waals surface area contributed by atoms with E-state index in [0.29, 0.717) is 0 Å². The average molecular weight is 493 g/mol. The summed E-state index contributed by atoms with van der Waals surface area (Å²) in [5, 5.41) is 0. The van der Waals surface area contributed by atoms with E-state index in [2.05, 4.69) is 13.8 Å². The van der Waals surface area contributed by atoms with Crippen molar-refractivity contribution in [2.45, 2.75) is 142 Å². The maximum absolute atomic E-state index is 8.74. The minimum absolute atomic E-state index is 0. The van der Waals surface area contributed by atoms with Crippen molar-refractivity contribution in [3.05, 3.63) is 0 Å². The van der Waals surface area contributed by atoms with Crippen molar-refractivity contribution in [1.29, 1.82) is 0 Å². The van der Waals surface area contributed by atoms with Crippen LogP contribution < -0.4 is 0 Å². The molecule has 0 aliphatic rings. The molecular formula is C24H53KO5S. The van der Waals surface area contributed by atoms with Crippen molar-refractivity contribution in [2.75, 3.05) is 13.2 Å². The van der Waals surface area contributed by atoms with E-state index in [-0.39, 0.29) is 51.4 Å². The Balaban J connectivity index is -0.00000116. The number of unbranched alkanes of at least 4 members (excludes halogenated alkanes) is 18. The fourth-order valence-electron chi connectivity index (χ4n) is 3.49. The zero-order valence-corrected chi connectivity index (χ0v) is 20.9. The second-order valence-electron chi connectivity index (χ2n) is 8.42. The number of ether oxygens (including phenoxy) is 1. The van der Waals surface area contributed by atoms with Crippen LogP contribution in [0.1, 0.15) is 142 Å². The summed E-state index contributed by atoms with van der Waals surface area (Å²) in [5.41, 5.74) is 0. The molecule has 31 heavy (non-hydrogen) atoms. The van der Waals surface area contributed by atoms with Crippen LogP contribution in [0.5, 0.6) is 0 Å². The Bertz CT molecular complexity index is 375. The number of rotatable bonds is 22. The van der Waals surface area contributed by atoms with Crippen LogP contribution in [0.25, 0.3) is 0 Å². The predicted molar refractivity (Wildman–Crippen MR) is 136 cm³/mol. The standard InChI is InChI=1S/C24H50O.K.H2O4S.H/c1-3-5-7-9-11-13-15-17-19-21-23-25-24-22-20-18-16-14-12-10-8-6-4-2;;1-5(2,3)4;/h3-24H2,1-2H3;;(H2,1,2,3,4);. The summed E-state index contributed by atoms with van der Waals surface area (Å²) in [6, 6.07) is 0. The van der Waals surface area contributed by atoms with Gasteiger partial charge in [0, 0.05) is 13.2 Å². The topological polar surface area (TPSA) is 83.8 Å². The first-order valence-electron chi connectivity index (χ1n) is 12.7. The molecule has 7 heteroatoms. The van der Waals surface area contributed by atoms with Crippen molar-refractivity contribution in [3.63, 3.8) is 0 Å². The fraction of sp³-hybridized carbons (Fsp3) is 1.00. The molecule has 0 saturated heterocycles. The summed E-state index contributed by atoms with van der Waals surface area (Å²) >= 11 is 0. The Hall–Kier alpha value is 1.47. The summed E-state index contributed by atoms with van der Waals surface area (Å²) in [7, 11) is -4.67. The van der Waals surface area contributed by atoms with Crippen LogP contribution in [0.2, 0.25) is 0 Å². The SMILES string of the molecule is CCCCCCCCCCCCOCCCCCCCCCCCC.O=S(=O)(O)O.[KH]. The third kappa shape index (κ3) is 49.6. The van der Waals surface area contributed by atoms with Gasteiger partial charge >= 0.3 is 61.8 Å². The van der Waals surface area contributed by atoms with E-state index in [9.17, 15) is 0 Å². The molecule has 186 valence electrons. The van der Waals surface area contributed by atoms with Gasteiger partial charge in [-0.2, -0.15) is 8.42 Å². The zero-order chi connectivity index (χ0) is 22.8. The van der Waals surface area contributed by atoms with E-state index in [0.717, 1.165) is 13.2 Å². The van der Waals surface area contributed by atoms with Crippen molar-refractivity contribution >= 4 is 61.8 Å². The van der Waals surface area contributed by atoms with Crippen LogP contribution >= 0.6 is 0 Å². The third-order valence-corrected chi connectivity index (χ3v) is 5.28. The molecule has 0 aromatic carbocycles. The Morgan fingerprint density at radius 1 is 0.484 bits per heavy atom. The Labute approximate surface area is 237 Å². The molecule has 0 aliphatic heterocycles. The van der Waals surface area contributed by atoms with Crippen LogP contribution in [0.3, 0.4) is 0 Å². The molecule has 0 unspecified atom stereocenters. The van der Waals surface area contributed by atoms with Crippen LogP contribution in [0, 0.1) is 0 Å². The average Bonchev–Trinajstić information content (AvgIpc) is 2.68. The Kier molecular flexibility index (Phi) is 37.6. The second-order valence-corrected chi connectivity index (χ2v) is 9.32. The van der Waals surface area contributed by atoms with E-state index >= 15 is 0 Å². The quantitative estimate of drug-likeness (QED) is 0.0926. The maximum atomic E-state index is 8.74. The van der Waals surface area contributed by atoms with Gasteiger partial charge in [0.2, 0.25) is 0 Å². The van der Waals surface area contributed by atoms with Gasteiger partial charge in [-0.15, -0.1) is 0 Å². The minimum atomic E-state index is -4.67. The molecule has 0 amide bonds. The van der Waals surface area contributed by atoms with Crippen molar-refractivity contribution in [3.8, 4) is 0 Å². The van der Waals surface area contributed by atoms with Gasteiger partial charge in [-0.25, -0.2) is 0 Å². The van der Waals surface area contributed by atoms with Crippen LogP contribution in [-0.2, 0) is 15.1 Å². The van der Waals surface area contributed by atoms with E-state index in [1.54, 1.807) is 0 Å². The summed E-state index contributed by atoms with van der Waals surface area (Å²) in [6.07, 6.45) is 28.2. The molecule has 2 N–H and O–H groups in total. The summed E-state index contributed by atoms with van der Waals surface area (Å²) in [5.74, 6) is 0. The zero-order valence-electron chi connectivity index (χ0n) is 20.1. The van der Waals surface area contributed by atoms with Gasteiger partial charge in [0.1, 0.15) is 0 Å². The fourth-order valence-corrected chi connectivity index (χ4v) is 3.49. The second kappa shape index (κ2) is 31.5. The Morgan fingerprint density at radius 2 is 0.677 bits per heavy atom. The summed E-state index contributed by atoms with van der Waals surface area (Å²) in [6.45, 7) is 6.57. The van der Waals surface area contributed by atoms with Gasteiger partial charge in [-0.05, 0) is 12.8 Å². The van der Waals surface area contributed by atoms with E-state index < -0.39 is 10.4 Å². The van der Waals surface area contributed by atoms with Crippen LogP contribution in [0.15, 0.2) is 0 Å². The van der Waals surface area contributed by atoms with Gasteiger partial charge in [0.25, 0.3) is 0 Å². The van der Waals surface area contributed by atoms with Crippen molar-refractivity contribution in [2.24, 2.45) is 0 Å². The molecule has 0 radical (unpaired) electrons. The van der Waals surface area contributed by atoms with Crippen LogP contribution in [-0.4, -0.2) is 82.1 Å². The molecule has 0 saturated carbocycles. The molecule has 0 heterocycles. The normalized spacial score (nSPS) is 11.0. The molecule has 0 rings (SSSR count).